The zero-order chi connectivity index (χ0) is 15.6. The van der Waals surface area contributed by atoms with E-state index in [1.165, 1.54) is 6.20 Å². The van der Waals surface area contributed by atoms with Crippen LogP contribution < -0.4 is 5.32 Å². The van der Waals surface area contributed by atoms with Gasteiger partial charge in [0.1, 0.15) is 5.82 Å². The van der Waals surface area contributed by atoms with Crippen LogP contribution in [0.3, 0.4) is 0 Å². The maximum Gasteiger partial charge on any atom is 0.303 e. The molecule has 0 fully saturated rings. The lowest BCUT2D eigenvalue weighted by Gasteiger charge is -2.26. The van der Waals surface area contributed by atoms with Crippen molar-refractivity contribution in [2.24, 2.45) is 0 Å². The molecular weight excluding hydrogens is 280 g/mol. The monoisotopic (exact) mass is 295 g/mol. The molecule has 5 nitrogen and oxygen atoms in total. The van der Waals surface area contributed by atoms with Crippen LogP contribution >= 0.6 is 0 Å². The first kappa shape index (κ1) is 15.1. The number of halogens is 2. The summed E-state index contributed by atoms with van der Waals surface area (Å²) in [7, 11) is 0. The molecule has 0 saturated carbocycles. The summed E-state index contributed by atoms with van der Waals surface area (Å²) in [5, 5.41) is 11.8. The predicted molar refractivity (Wildman–Crippen MR) is 74.0 cm³/mol. The van der Waals surface area contributed by atoms with E-state index in [0.717, 1.165) is 12.1 Å². The molecule has 0 radical (unpaired) electrons. The predicted octanol–water partition coefficient (Wildman–Crippen LogP) is 2.96. The number of carbonyl (C=O) groups is 1. The Hall–Kier alpha value is -2.31. The lowest BCUT2D eigenvalue weighted by atomic mass is 9.98. The van der Waals surface area contributed by atoms with Crippen molar-refractivity contribution in [2.75, 3.05) is 5.32 Å². The van der Waals surface area contributed by atoms with Crippen LogP contribution in [0.1, 0.15) is 26.7 Å². The summed E-state index contributed by atoms with van der Waals surface area (Å²) in [6.07, 6.45) is 1.81. The van der Waals surface area contributed by atoms with Crippen LogP contribution in [0.4, 0.5) is 14.6 Å². The first-order valence-corrected chi connectivity index (χ1v) is 6.39. The van der Waals surface area contributed by atoms with Crippen molar-refractivity contribution in [1.29, 1.82) is 0 Å². The molecule has 0 saturated heterocycles. The number of aliphatic carboxylic acids is 1. The Balaban J connectivity index is 2.22. The first-order valence-electron chi connectivity index (χ1n) is 6.39. The summed E-state index contributed by atoms with van der Waals surface area (Å²) in [6.45, 7) is 3.65. The Kier molecular flexibility index (Phi) is 4.02. The number of hydrogen-bond acceptors (Lipinski definition) is 4. The van der Waals surface area contributed by atoms with Crippen LogP contribution in [0, 0.1) is 11.6 Å². The molecule has 1 aromatic heterocycles. The average Bonchev–Trinajstić information content (AvgIpc) is 2.38. The molecule has 1 aromatic carbocycles. The van der Waals surface area contributed by atoms with E-state index in [9.17, 15) is 13.6 Å². The fourth-order valence-corrected chi connectivity index (χ4v) is 1.90. The van der Waals surface area contributed by atoms with Gasteiger partial charge in [0.15, 0.2) is 11.6 Å². The molecule has 0 bridgehead atoms. The van der Waals surface area contributed by atoms with Gasteiger partial charge in [-0.1, -0.05) is 0 Å². The van der Waals surface area contributed by atoms with E-state index in [4.69, 9.17) is 5.11 Å². The van der Waals surface area contributed by atoms with E-state index in [0.29, 0.717) is 12.2 Å². The number of nitrogens with one attached hydrogen (secondary N) is 1. The minimum absolute atomic E-state index is 0.0147. The number of rotatable bonds is 5. The Morgan fingerprint density at radius 3 is 2.52 bits per heavy atom. The highest BCUT2D eigenvalue weighted by Crippen LogP contribution is 2.21. The lowest BCUT2D eigenvalue weighted by Crippen LogP contribution is -2.32. The molecular formula is C14H15F2N3O2. The molecule has 0 aliphatic heterocycles. The van der Waals surface area contributed by atoms with Crippen LogP contribution in [0.15, 0.2) is 18.3 Å². The summed E-state index contributed by atoms with van der Waals surface area (Å²) >= 11 is 0. The minimum Gasteiger partial charge on any atom is -0.481 e. The lowest BCUT2D eigenvalue weighted by molar-refractivity contribution is -0.137. The number of benzene rings is 1. The topological polar surface area (TPSA) is 75.1 Å². The number of carboxylic acid groups (broad SMARTS) is 1. The van der Waals surface area contributed by atoms with E-state index >= 15 is 0 Å². The molecule has 7 heteroatoms. The van der Waals surface area contributed by atoms with Gasteiger partial charge in [0, 0.05) is 24.1 Å². The standard InChI is InChI=1S/C14H15F2N3O2/c1-14(2,4-3-13(20)21)19-12-7-17-10-5-8(15)9(16)6-11(10)18-12/h5-7H,3-4H2,1-2H3,(H,18,19)(H,20,21). The van der Waals surface area contributed by atoms with Crippen LogP contribution in [0.2, 0.25) is 0 Å². The molecule has 21 heavy (non-hydrogen) atoms. The zero-order valence-electron chi connectivity index (χ0n) is 11.7. The number of fused-ring (bicyclic) bond motifs is 1. The van der Waals surface area contributed by atoms with E-state index in [1.807, 2.05) is 13.8 Å². The first-order chi connectivity index (χ1) is 9.77. The fourth-order valence-electron chi connectivity index (χ4n) is 1.90. The second kappa shape index (κ2) is 5.59. The second-order valence-electron chi connectivity index (χ2n) is 5.41. The van der Waals surface area contributed by atoms with Crippen molar-refractivity contribution in [3.8, 4) is 0 Å². The van der Waals surface area contributed by atoms with Gasteiger partial charge in [-0.05, 0) is 20.3 Å². The van der Waals surface area contributed by atoms with Crippen LogP contribution in [0.25, 0.3) is 11.0 Å². The van der Waals surface area contributed by atoms with Gasteiger partial charge in [-0.25, -0.2) is 13.8 Å². The fraction of sp³-hybridized carbons (Fsp3) is 0.357. The summed E-state index contributed by atoms with van der Waals surface area (Å²) in [5.74, 6) is -2.46. The van der Waals surface area contributed by atoms with Crippen LogP contribution in [-0.2, 0) is 4.79 Å². The second-order valence-corrected chi connectivity index (χ2v) is 5.41. The van der Waals surface area contributed by atoms with Crippen molar-refractivity contribution in [3.63, 3.8) is 0 Å². The normalized spacial score (nSPS) is 11.6. The van der Waals surface area contributed by atoms with Gasteiger partial charge in [-0.2, -0.15) is 0 Å². The summed E-state index contributed by atoms with van der Waals surface area (Å²) < 4.78 is 26.3. The number of nitrogens with zero attached hydrogens (tertiary/aromatic N) is 2. The molecule has 0 atom stereocenters. The minimum atomic E-state index is -0.987. The van der Waals surface area contributed by atoms with E-state index in [-0.39, 0.29) is 17.5 Å². The van der Waals surface area contributed by atoms with Crippen molar-refractivity contribution < 1.29 is 18.7 Å². The Morgan fingerprint density at radius 1 is 1.29 bits per heavy atom. The molecule has 2 aromatic rings. The van der Waals surface area contributed by atoms with Gasteiger partial charge in [0.2, 0.25) is 0 Å². The zero-order valence-corrected chi connectivity index (χ0v) is 11.7. The molecule has 0 amide bonds. The maximum absolute atomic E-state index is 13.2. The largest absolute Gasteiger partial charge is 0.481 e. The van der Waals surface area contributed by atoms with E-state index < -0.39 is 23.1 Å². The molecule has 0 spiro atoms. The third-order valence-corrected chi connectivity index (χ3v) is 3.01. The smallest absolute Gasteiger partial charge is 0.303 e. The molecule has 2 rings (SSSR count). The molecule has 2 N–H and O–H groups in total. The summed E-state index contributed by atoms with van der Waals surface area (Å²) in [6, 6.07) is 1.96. The third kappa shape index (κ3) is 3.84. The number of carboxylic acids is 1. The number of aromatic nitrogens is 2. The van der Waals surface area contributed by atoms with Gasteiger partial charge in [0.25, 0.3) is 0 Å². The molecule has 112 valence electrons. The summed E-state index contributed by atoms with van der Waals surface area (Å²) in [5.41, 5.74) is -0.0324. The molecule has 0 aliphatic rings. The molecule has 1 heterocycles. The molecule has 0 aliphatic carbocycles. The quantitative estimate of drug-likeness (QED) is 0.887. The van der Waals surface area contributed by atoms with Gasteiger partial charge >= 0.3 is 5.97 Å². The van der Waals surface area contributed by atoms with Crippen molar-refractivity contribution in [1.82, 2.24) is 9.97 Å². The number of anilines is 1. The third-order valence-electron chi connectivity index (χ3n) is 3.01. The SMILES string of the molecule is CC(C)(CCC(=O)O)Nc1cnc2cc(F)c(F)cc2n1. The highest BCUT2D eigenvalue weighted by molar-refractivity contribution is 5.75. The van der Waals surface area contributed by atoms with E-state index in [1.54, 1.807) is 0 Å². The average molecular weight is 295 g/mol. The molecule has 0 unspecified atom stereocenters. The van der Waals surface area contributed by atoms with Crippen LogP contribution in [0.5, 0.6) is 0 Å². The van der Waals surface area contributed by atoms with Gasteiger partial charge < -0.3 is 10.4 Å². The number of hydrogen-bond donors (Lipinski definition) is 2. The highest BCUT2D eigenvalue weighted by atomic mass is 19.2. The Labute approximate surface area is 120 Å². The summed E-state index contributed by atoms with van der Waals surface area (Å²) in [4.78, 5) is 18.8. The van der Waals surface area contributed by atoms with Crippen molar-refractivity contribution in [2.45, 2.75) is 32.2 Å². The van der Waals surface area contributed by atoms with Gasteiger partial charge in [0.05, 0.1) is 17.2 Å². The Bertz CT molecular complexity index is 689. The van der Waals surface area contributed by atoms with Gasteiger partial charge in [-0.15, -0.1) is 0 Å². The van der Waals surface area contributed by atoms with E-state index in [2.05, 4.69) is 15.3 Å². The maximum atomic E-state index is 13.2. The van der Waals surface area contributed by atoms with Gasteiger partial charge in [-0.3, -0.25) is 9.78 Å². The highest BCUT2D eigenvalue weighted by Gasteiger charge is 2.20. The van der Waals surface area contributed by atoms with Crippen molar-refractivity contribution >= 4 is 22.8 Å². The Morgan fingerprint density at radius 2 is 1.90 bits per heavy atom. The van der Waals surface area contributed by atoms with Crippen LogP contribution in [-0.4, -0.2) is 26.6 Å². The van der Waals surface area contributed by atoms with Crippen molar-refractivity contribution in [3.05, 3.63) is 30.0 Å².